The first-order chi connectivity index (χ1) is 15.8. The number of carbonyl (C=O) groups excluding carboxylic acids is 2. The number of thiocarbonyl (C=S) groups is 1. The molecule has 1 aromatic heterocycles. The fourth-order valence-corrected chi connectivity index (χ4v) is 3.58. The largest absolute Gasteiger partial charge is 0.478 e. The predicted molar refractivity (Wildman–Crippen MR) is 122 cm³/mol. The van der Waals surface area contributed by atoms with Crippen molar-refractivity contribution in [3.05, 3.63) is 93.8 Å². The van der Waals surface area contributed by atoms with E-state index in [1.165, 1.54) is 48.5 Å². The Balaban J connectivity index is 1.72. The van der Waals surface area contributed by atoms with Crippen LogP contribution in [0.25, 0.3) is 11.8 Å². The average Bonchev–Trinajstić information content (AvgIpc) is 3.25. The second-order valence-corrected chi connectivity index (χ2v) is 7.28. The lowest BCUT2D eigenvalue weighted by Gasteiger charge is -2.29. The molecular formula is C22H14N4O6S. The first-order valence-corrected chi connectivity index (χ1v) is 9.84. The number of nitrogens with zero attached hydrogens (tertiary/aromatic N) is 3. The minimum absolute atomic E-state index is 0.0312. The van der Waals surface area contributed by atoms with Gasteiger partial charge in [-0.1, -0.05) is 6.07 Å². The van der Waals surface area contributed by atoms with Gasteiger partial charge in [0.2, 0.25) is 0 Å². The summed E-state index contributed by atoms with van der Waals surface area (Å²) in [6.45, 7) is 0. The van der Waals surface area contributed by atoms with Gasteiger partial charge < -0.3 is 9.67 Å². The third-order valence-corrected chi connectivity index (χ3v) is 5.15. The van der Waals surface area contributed by atoms with Gasteiger partial charge in [-0.15, -0.1) is 0 Å². The Bertz CT molecular complexity index is 1360. The molecule has 1 aliphatic rings. The van der Waals surface area contributed by atoms with Gasteiger partial charge in [0.1, 0.15) is 5.57 Å². The number of nitrogens with one attached hydrogen (secondary N) is 1. The van der Waals surface area contributed by atoms with Crippen molar-refractivity contribution in [1.29, 1.82) is 0 Å². The second kappa shape index (κ2) is 8.48. The van der Waals surface area contributed by atoms with Crippen LogP contribution in [0.4, 0.5) is 11.4 Å². The summed E-state index contributed by atoms with van der Waals surface area (Å²) < 4.78 is 1.60. The third kappa shape index (κ3) is 4.12. The maximum Gasteiger partial charge on any atom is 0.335 e. The van der Waals surface area contributed by atoms with Gasteiger partial charge in [-0.3, -0.25) is 29.9 Å². The monoisotopic (exact) mass is 462 g/mol. The molecule has 1 aliphatic heterocycles. The van der Waals surface area contributed by atoms with Crippen molar-refractivity contribution in [2.75, 3.05) is 4.90 Å². The van der Waals surface area contributed by atoms with Gasteiger partial charge in [0.15, 0.2) is 5.11 Å². The van der Waals surface area contributed by atoms with Crippen LogP contribution in [0.2, 0.25) is 0 Å². The normalized spacial score (nSPS) is 15.0. The molecule has 33 heavy (non-hydrogen) atoms. The number of carboxylic acids is 1. The Hall–Kier alpha value is -4.64. The number of nitro groups is 1. The Morgan fingerprint density at radius 2 is 1.79 bits per heavy atom. The highest BCUT2D eigenvalue weighted by Gasteiger charge is 2.34. The highest BCUT2D eigenvalue weighted by atomic mass is 32.1. The van der Waals surface area contributed by atoms with Gasteiger partial charge in [-0.05, 0) is 60.8 Å². The van der Waals surface area contributed by atoms with Crippen LogP contribution < -0.4 is 10.2 Å². The fourth-order valence-electron chi connectivity index (χ4n) is 3.30. The van der Waals surface area contributed by atoms with Gasteiger partial charge in [-0.2, -0.15) is 0 Å². The van der Waals surface area contributed by atoms with E-state index in [0.29, 0.717) is 11.4 Å². The number of hydrogen-bond donors (Lipinski definition) is 2. The molecular weight excluding hydrogens is 448 g/mol. The van der Waals surface area contributed by atoms with E-state index in [0.717, 1.165) is 4.90 Å². The van der Waals surface area contributed by atoms with Crippen LogP contribution in [0.3, 0.4) is 0 Å². The second-order valence-electron chi connectivity index (χ2n) is 6.89. The van der Waals surface area contributed by atoms with Crippen LogP contribution in [0, 0.1) is 10.1 Å². The van der Waals surface area contributed by atoms with Gasteiger partial charge in [0, 0.05) is 24.0 Å². The minimum atomic E-state index is -1.12. The van der Waals surface area contributed by atoms with Crippen LogP contribution in [0.1, 0.15) is 16.1 Å². The van der Waals surface area contributed by atoms with Crippen LogP contribution in [0.5, 0.6) is 0 Å². The molecule has 2 aromatic carbocycles. The highest BCUT2D eigenvalue weighted by molar-refractivity contribution is 7.80. The lowest BCUT2D eigenvalue weighted by atomic mass is 10.1. The van der Waals surface area contributed by atoms with E-state index in [-0.39, 0.29) is 27.6 Å². The summed E-state index contributed by atoms with van der Waals surface area (Å²) in [5.74, 6) is -2.52. The number of aromatic carboxylic acids is 1. The van der Waals surface area contributed by atoms with Gasteiger partial charge in [0.05, 0.1) is 21.9 Å². The topological polar surface area (TPSA) is 135 Å². The molecule has 0 aliphatic carbocycles. The number of amides is 2. The zero-order valence-corrected chi connectivity index (χ0v) is 17.5. The molecule has 0 radical (unpaired) electrons. The first-order valence-electron chi connectivity index (χ1n) is 9.43. The summed E-state index contributed by atoms with van der Waals surface area (Å²) in [5, 5.41) is 22.5. The summed E-state index contributed by atoms with van der Waals surface area (Å²) in [6.07, 6.45) is 3.00. The van der Waals surface area contributed by atoms with Gasteiger partial charge in [0.25, 0.3) is 17.5 Å². The Kier molecular flexibility index (Phi) is 5.54. The SMILES string of the molecule is O=C1NC(=S)N(c2ccc(C(=O)O)cc2)C(=O)/C1=C/c1cccn1-c1cccc([N+](=O)[O-])c1. The molecule has 0 saturated carbocycles. The third-order valence-electron chi connectivity index (χ3n) is 4.87. The lowest BCUT2D eigenvalue weighted by Crippen LogP contribution is -2.54. The van der Waals surface area contributed by atoms with E-state index in [2.05, 4.69) is 5.32 Å². The molecule has 2 heterocycles. The van der Waals surface area contributed by atoms with E-state index in [9.17, 15) is 24.5 Å². The number of anilines is 1. The van der Waals surface area contributed by atoms with Crippen molar-refractivity contribution >= 4 is 52.6 Å². The van der Waals surface area contributed by atoms with E-state index in [1.807, 2.05) is 0 Å². The van der Waals surface area contributed by atoms with Crippen LogP contribution >= 0.6 is 12.2 Å². The smallest absolute Gasteiger partial charge is 0.335 e. The Labute approximate surface area is 191 Å². The summed E-state index contributed by atoms with van der Waals surface area (Å²) in [4.78, 5) is 48.5. The number of non-ortho nitro benzene ring substituents is 1. The van der Waals surface area contributed by atoms with Gasteiger partial charge >= 0.3 is 5.97 Å². The lowest BCUT2D eigenvalue weighted by molar-refractivity contribution is -0.384. The zero-order valence-electron chi connectivity index (χ0n) is 16.7. The molecule has 0 bridgehead atoms. The number of nitro benzene ring substituents is 1. The number of rotatable bonds is 5. The highest BCUT2D eigenvalue weighted by Crippen LogP contribution is 2.24. The summed E-state index contributed by atoms with van der Waals surface area (Å²) in [7, 11) is 0. The number of carbonyl (C=O) groups is 3. The van der Waals surface area contributed by atoms with E-state index in [1.54, 1.807) is 29.0 Å². The summed E-state index contributed by atoms with van der Waals surface area (Å²) in [6, 6.07) is 14.7. The van der Waals surface area contributed by atoms with Crippen molar-refractivity contribution in [2.24, 2.45) is 0 Å². The van der Waals surface area contributed by atoms with Crippen LogP contribution in [-0.2, 0) is 9.59 Å². The molecule has 2 amide bonds. The molecule has 164 valence electrons. The molecule has 3 aromatic rings. The van der Waals surface area contributed by atoms with E-state index >= 15 is 0 Å². The predicted octanol–water partition coefficient (Wildman–Crippen LogP) is 2.92. The molecule has 2 N–H and O–H groups in total. The summed E-state index contributed by atoms with van der Waals surface area (Å²) in [5.41, 5.74) is 0.909. The van der Waals surface area contributed by atoms with Crippen molar-refractivity contribution in [3.8, 4) is 5.69 Å². The average molecular weight is 462 g/mol. The van der Waals surface area contributed by atoms with Crippen molar-refractivity contribution in [2.45, 2.75) is 0 Å². The Morgan fingerprint density at radius 3 is 2.45 bits per heavy atom. The van der Waals surface area contributed by atoms with Crippen LogP contribution in [-0.4, -0.2) is 37.5 Å². The van der Waals surface area contributed by atoms with Crippen LogP contribution in [0.15, 0.2) is 72.4 Å². The maximum absolute atomic E-state index is 13.2. The molecule has 1 fully saturated rings. The summed E-state index contributed by atoms with van der Waals surface area (Å²) >= 11 is 5.15. The molecule has 1 saturated heterocycles. The number of carboxylic acid groups (broad SMARTS) is 1. The number of hydrogen-bond acceptors (Lipinski definition) is 6. The first kappa shape index (κ1) is 21.6. The number of aromatic nitrogens is 1. The quantitative estimate of drug-likeness (QED) is 0.196. The Morgan fingerprint density at radius 1 is 1.06 bits per heavy atom. The molecule has 0 unspecified atom stereocenters. The zero-order chi connectivity index (χ0) is 23.7. The minimum Gasteiger partial charge on any atom is -0.478 e. The van der Waals surface area contributed by atoms with Crippen molar-refractivity contribution in [3.63, 3.8) is 0 Å². The van der Waals surface area contributed by atoms with Crippen molar-refractivity contribution < 1.29 is 24.4 Å². The molecule has 0 spiro atoms. The standard InChI is InChI=1S/C22H14N4O6S/c27-19-18(12-16-5-2-10-24(16)15-3-1-4-17(11-15)26(31)32)20(28)25(22(33)23-19)14-8-6-13(7-9-14)21(29)30/h1-12H,(H,29,30)(H,23,27,33)/b18-12+. The van der Waals surface area contributed by atoms with Crippen molar-refractivity contribution in [1.82, 2.24) is 9.88 Å². The molecule has 0 atom stereocenters. The molecule has 11 heteroatoms. The van der Waals surface area contributed by atoms with E-state index in [4.69, 9.17) is 17.3 Å². The van der Waals surface area contributed by atoms with Gasteiger partial charge in [-0.25, -0.2) is 4.79 Å². The fraction of sp³-hybridized carbons (Fsp3) is 0. The number of benzene rings is 2. The molecule has 4 rings (SSSR count). The maximum atomic E-state index is 13.2. The van der Waals surface area contributed by atoms with E-state index < -0.39 is 22.7 Å². The molecule has 10 nitrogen and oxygen atoms in total.